The Hall–Kier alpha value is -1.97. The summed E-state index contributed by atoms with van der Waals surface area (Å²) >= 11 is 6.01. The lowest BCUT2D eigenvalue weighted by Gasteiger charge is -2.36. The zero-order valence-corrected chi connectivity index (χ0v) is 18.5. The Labute approximate surface area is 183 Å². The van der Waals surface area contributed by atoms with E-state index in [9.17, 15) is 9.59 Å². The number of hydrogen-bond acceptors (Lipinski definition) is 3. The lowest BCUT2D eigenvalue weighted by Crippen LogP contribution is -2.37. The predicted octanol–water partition coefficient (Wildman–Crippen LogP) is 6.01. The molecule has 1 saturated heterocycles. The monoisotopic (exact) mass is 424 g/mol. The first kappa shape index (κ1) is 21.3. The number of rotatable bonds is 4. The molecule has 0 bridgehead atoms. The topological polar surface area (TPSA) is 43.4 Å². The number of carbonyl (C=O) groups excluding carboxylic acids is 2. The molecule has 3 nitrogen and oxygen atoms in total. The van der Waals surface area contributed by atoms with Crippen LogP contribution in [0, 0.1) is 24.7 Å². The quantitative estimate of drug-likeness (QED) is 0.564. The van der Waals surface area contributed by atoms with E-state index in [2.05, 4.69) is 6.92 Å². The number of carbonyl (C=O) groups is 2. The summed E-state index contributed by atoms with van der Waals surface area (Å²) in [5.41, 5.74) is 3.89. The number of ether oxygens (including phenoxy) is 1. The van der Waals surface area contributed by atoms with Gasteiger partial charge in [-0.25, -0.2) is 0 Å². The Morgan fingerprint density at radius 3 is 2.13 bits per heavy atom. The van der Waals surface area contributed by atoms with E-state index in [1.54, 1.807) is 0 Å². The lowest BCUT2D eigenvalue weighted by molar-refractivity contribution is -0.135. The van der Waals surface area contributed by atoms with E-state index in [4.69, 9.17) is 16.3 Å². The van der Waals surface area contributed by atoms with Gasteiger partial charge >= 0.3 is 0 Å². The largest absolute Gasteiger partial charge is 0.381 e. The fourth-order valence-corrected chi connectivity index (χ4v) is 5.25. The highest BCUT2D eigenvalue weighted by Crippen LogP contribution is 2.40. The molecule has 2 fully saturated rings. The van der Waals surface area contributed by atoms with E-state index < -0.39 is 5.92 Å². The van der Waals surface area contributed by atoms with E-state index in [1.165, 1.54) is 0 Å². The van der Waals surface area contributed by atoms with Crippen LogP contribution in [0.3, 0.4) is 0 Å². The van der Waals surface area contributed by atoms with Gasteiger partial charge in [0.25, 0.3) is 0 Å². The number of benzene rings is 2. The summed E-state index contributed by atoms with van der Waals surface area (Å²) in [4.78, 5) is 26.4. The second-order valence-electron chi connectivity index (χ2n) is 8.92. The molecule has 1 heterocycles. The molecule has 0 spiro atoms. The summed E-state index contributed by atoms with van der Waals surface area (Å²) in [7, 11) is 0. The Balaban J connectivity index is 1.56. The van der Waals surface area contributed by atoms with Crippen LogP contribution in [0.4, 0.5) is 0 Å². The maximum absolute atomic E-state index is 13.2. The fourth-order valence-electron chi connectivity index (χ4n) is 5.12. The highest BCUT2D eigenvalue weighted by atomic mass is 35.5. The standard InChI is InChI=1S/C26H29ClO3/c1-16-3-4-20(19-5-7-22(27)8-6-19)13-23(16)26-24(28)14-21(15-25(26)29)17(2)18-9-11-30-12-10-18/h3-8,13,17-18,21,26H,9-12,14-15H2,1-2H3. The van der Waals surface area contributed by atoms with Crippen LogP contribution < -0.4 is 0 Å². The van der Waals surface area contributed by atoms with Gasteiger partial charge in [-0.15, -0.1) is 0 Å². The molecule has 1 aliphatic carbocycles. The van der Waals surface area contributed by atoms with Crippen molar-refractivity contribution in [2.24, 2.45) is 17.8 Å². The van der Waals surface area contributed by atoms with Crippen molar-refractivity contribution in [3.8, 4) is 11.1 Å². The third-order valence-electron chi connectivity index (χ3n) is 7.09. The molecule has 4 heteroatoms. The van der Waals surface area contributed by atoms with Crippen molar-refractivity contribution in [1.82, 2.24) is 0 Å². The van der Waals surface area contributed by atoms with Gasteiger partial charge in [0.2, 0.25) is 0 Å². The molecule has 1 saturated carbocycles. The normalized spacial score (nSPS) is 24.1. The van der Waals surface area contributed by atoms with Crippen molar-refractivity contribution in [3.05, 3.63) is 58.6 Å². The Kier molecular flexibility index (Phi) is 6.40. The Bertz CT molecular complexity index is 910. The average Bonchev–Trinajstić information content (AvgIpc) is 2.75. The summed E-state index contributed by atoms with van der Waals surface area (Å²) in [6.45, 7) is 5.79. The minimum atomic E-state index is -0.629. The molecule has 1 unspecified atom stereocenters. The minimum Gasteiger partial charge on any atom is -0.381 e. The van der Waals surface area contributed by atoms with Crippen LogP contribution in [0.1, 0.15) is 49.7 Å². The second kappa shape index (κ2) is 9.03. The molecule has 2 aliphatic rings. The smallest absolute Gasteiger partial charge is 0.148 e. The van der Waals surface area contributed by atoms with Gasteiger partial charge < -0.3 is 4.74 Å². The number of ketones is 2. The molecule has 1 aliphatic heterocycles. The Morgan fingerprint density at radius 1 is 0.900 bits per heavy atom. The zero-order chi connectivity index (χ0) is 21.3. The lowest BCUT2D eigenvalue weighted by atomic mass is 9.68. The van der Waals surface area contributed by atoms with Gasteiger partial charge in [0.15, 0.2) is 0 Å². The van der Waals surface area contributed by atoms with Gasteiger partial charge in [-0.05, 0) is 78.0 Å². The first-order chi connectivity index (χ1) is 14.4. The van der Waals surface area contributed by atoms with Crippen molar-refractivity contribution in [2.45, 2.75) is 45.4 Å². The van der Waals surface area contributed by atoms with Crippen LogP contribution in [-0.2, 0) is 14.3 Å². The first-order valence-corrected chi connectivity index (χ1v) is 11.3. The van der Waals surface area contributed by atoms with Crippen LogP contribution in [0.15, 0.2) is 42.5 Å². The van der Waals surface area contributed by atoms with Crippen LogP contribution >= 0.6 is 11.6 Å². The SMILES string of the molecule is Cc1ccc(-c2ccc(Cl)cc2)cc1C1C(=O)CC(C(C)C2CCOCC2)CC1=O. The maximum Gasteiger partial charge on any atom is 0.148 e. The highest BCUT2D eigenvalue weighted by molar-refractivity contribution is 6.30. The highest BCUT2D eigenvalue weighted by Gasteiger charge is 2.40. The second-order valence-corrected chi connectivity index (χ2v) is 9.36. The molecular weight excluding hydrogens is 396 g/mol. The predicted molar refractivity (Wildman–Crippen MR) is 120 cm³/mol. The minimum absolute atomic E-state index is 0.0755. The van der Waals surface area contributed by atoms with Gasteiger partial charge in [0.05, 0.1) is 0 Å². The molecule has 158 valence electrons. The molecule has 0 aromatic heterocycles. The third kappa shape index (κ3) is 4.38. The molecule has 2 aromatic carbocycles. The van der Waals surface area contributed by atoms with Gasteiger partial charge in [0.1, 0.15) is 17.5 Å². The van der Waals surface area contributed by atoms with Crippen molar-refractivity contribution in [1.29, 1.82) is 0 Å². The van der Waals surface area contributed by atoms with E-state index in [1.807, 2.05) is 49.4 Å². The molecule has 4 rings (SSSR count). The van der Waals surface area contributed by atoms with E-state index in [0.717, 1.165) is 48.3 Å². The van der Waals surface area contributed by atoms with Crippen LogP contribution in [-0.4, -0.2) is 24.8 Å². The van der Waals surface area contributed by atoms with Crippen molar-refractivity contribution in [2.75, 3.05) is 13.2 Å². The van der Waals surface area contributed by atoms with Crippen LogP contribution in [0.5, 0.6) is 0 Å². The molecule has 0 amide bonds. The fraction of sp³-hybridized carbons (Fsp3) is 0.462. The average molecular weight is 425 g/mol. The van der Waals surface area contributed by atoms with Crippen LogP contribution in [0.25, 0.3) is 11.1 Å². The molecule has 1 atom stereocenters. The zero-order valence-electron chi connectivity index (χ0n) is 17.7. The van der Waals surface area contributed by atoms with Gasteiger partial charge in [0, 0.05) is 31.1 Å². The van der Waals surface area contributed by atoms with Gasteiger partial charge in [-0.2, -0.15) is 0 Å². The summed E-state index contributed by atoms with van der Waals surface area (Å²) in [6, 6.07) is 13.7. The number of hydrogen-bond donors (Lipinski definition) is 0. The first-order valence-electron chi connectivity index (χ1n) is 10.9. The van der Waals surface area contributed by atoms with E-state index in [0.29, 0.717) is 29.7 Å². The molecule has 30 heavy (non-hydrogen) atoms. The summed E-state index contributed by atoms with van der Waals surface area (Å²) < 4.78 is 5.48. The van der Waals surface area contributed by atoms with Gasteiger partial charge in [-0.1, -0.05) is 42.8 Å². The molecule has 0 N–H and O–H groups in total. The van der Waals surface area contributed by atoms with Crippen molar-refractivity contribution < 1.29 is 14.3 Å². The Morgan fingerprint density at radius 2 is 1.50 bits per heavy atom. The van der Waals surface area contributed by atoms with Gasteiger partial charge in [-0.3, -0.25) is 9.59 Å². The van der Waals surface area contributed by atoms with Crippen molar-refractivity contribution in [3.63, 3.8) is 0 Å². The molecular formula is C26H29ClO3. The summed E-state index contributed by atoms with van der Waals surface area (Å²) in [5.74, 6) is 0.609. The molecule has 2 aromatic rings. The van der Waals surface area contributed by atoms with E-state index >= 15 is 0 Å². The molecule has 0 radical (unpaired) electrons. The van der Waals surface area contributed by atoms with E-state index in [-0.39, 0.29) is 17.5 Å². The number of aryl methyl sites for hydroxylation is 1. The summed E-state index contributed by atoms with van der Waals surface area (Å²) in [5, 5.41) is 0.688. The van der Waals surface area contributed by atoms with Crippen LogP contribution in [0.2, 0.25) is 5.02 Å². The number of halogens is 1. The third-order valence-corrected chi connectivity index (χ3v) is 7.34. The number of Topliss-reactive ketones (excluding diaryl/α,β-unsaturated/α-hetero) is 2. The summed E-state index contributed by atoms with van der Waals surface area (Å²) in [6.07, 6.45) is 3.07. The van der Waals surface area contributed by atoms with Crippen molar-refractivity contribution >= 4 is 23.2 Å². The maximum atomic E-state index is 13.2.